The number of hydrogen-bond acceptors (Lipinski definition) is 2. The number of benzene rings is 2. The lowest BCUT2D eigenvalue weighted by Crippen LogP contribution is -2.18. The van der Waals surface area contributed by atoms with Crippen LogP contribution in [0.5, 0.6) is 0 Å². The summed E-state index contributed by atoms with van der Waals surface area (Å²) < 4.78 is 13.8. The molecule has 0 aliphatic heterocycles. The van der Waals surface area contributed by atoms with Gasteiger partial charge in [0, 0.05) is 33.8 Å². The highest BCUT2D eigenvalue weighted by Gasteiger charge is 2.28. The molecule has 1 aliphatic rings. The number of nitrogens with zero attached hydrogens (tertiary/aromatic N) is 2. The number of fused-ring (bicyclic) bond motifs is 1. The molecule has 0 saturated heterocycles. The highest BCUT2D eigenvalue weighted by Crippen LogP contribution is 2.43. The van der Waals surface area contributed by atoms with E-state index >= 15 is 0 Å². The van der Waals surface area contributed by atoms with Crippen molar-refractivity contribution in [3.63, 3.8) is 0 Å². The molecular weight excluding hydrogens is 409 g/mol. The van der Waals surface area contributed by atoms with Crippen LogP contribution in [0, 0.1) is 11.7 Å². The number of nitrogens with one attached hydrogen (secondary N) is 1. The van der Waals surface area contributed by atoms with Gasteiger partial charge in [-0.25, -0.2) is 4.39 Å². The number of aromatic nitrogens is 3. The topological polar surface area (TPSA) is 41.6 Å². The second-order valence-corrected chi connectivity index (χ2v) is 9.11. The van der Waals surface area contributed by atoms with E-state index in [0.29, 0.717) is 17.8 Å². The molecule has 3 nitrogen and oxygen atoms in total. The summed E-state index contributed by atoms with van der Waals surface area (Å²) in [5.74, 6) is 1.29. The van der Waals surface area contributed by atoms with Crippen LogP contribution >= 0.6 is 11.6 Å². The van der Waals surface area contributed by atoms with Crippen molar-refractivity contribution in [2.24, 2.45) is 5.92 Å². The van der Waals surface area contributed by atoms with Crippen molar-refractivity contribution in [3.05, 3.63) is 82.9 Å². The zero-order chi connectivity index (χ0) is 21.4. The first-order valence-corrected chi connectivity index (χ1v) is 11.3. The lowest BCUT2D eigenvalue weighted by Gasteiger charge is -2.32. The molecule has 1 aliphatic carbocycles. The molecule has 1 unspecified atom stereocenters. The van der Waals surface area contributed by atoms with E-state index in [-0.39, 0.29) is 5.82 Å². The Balaban J connectivity index is 1.29. The van der Waals surface area contributed by atoms with Crippen LogP contribution in [-0.4, -0.2) is 15.2 Å². The van der Waals surface area contributed by atoms with E-state index in [0.717, 1.165) is 52.9 Å². The Bertz CT molecular complexity index is 1190. The van der Waals surface area contributed by atoms with Gasteiger partial charge in [0.15, 0.2) is 0 Å². The Morgan fingerprint density at radius 1 is 1.00 bits per heavy atom. The molecule has 1 fully saturated rings. The summed E-state index contributed by atoms with van der Waals surface area (Å²) in [7, 11) is 0. The third-order valence-corrected chi connectivity index (χ3v) is 7.14. The van der Waals surface area contributed by atoms with E-state index in [1.54, 1.807) is 12.1 Å². The third kappa shape index (κ3) is 4.09. The SMILES string of the molecule is CC(c1cc(-c2ccc(Cl)cc2)n[nH]1)C1CCC(c2ccnc3ccc(F)cc23)CC1. The largest absolute Gasteiger partial charge is 0.282 e. The van der Waals surface area contributed by atoms with Gasteiger partial charge in [0.05, 0.1) is 11.2 Å². The fraction of sp³-hybridized carbons (Fsp3) is 0.308. The summed E-state index contributed by atoms with van der Waals surface area (Å²) in [5, 5.41) is 9.47. The predicted octanol–water partition coefficient (Wildman–Crippen LogP) is 7.49. The van der Waals surface area contributed by atoms with Gasteiger partial charge in [-0.2, -0.15) is 5.10 Å². The summed E-state index contributed by atoms with van der Waals surface area (Å²) in [6.45, 7) is 2.29. The van der Waals surface area contributed by atoms with Crippen LogP contribution in [0.25, 0.3) is 22.2 Å². The summed E-state index contributed by atoms with van der Waals surface area (Å²) >= 11 is 6.00. The van der Waals surface area contributed by atoms with Crippen molar-refractivity contribution < 1.29 is 4.39 Å². The number of halogens is 2. The molecule has 2 aromatic heterocycles. The van der Waals surface area contributed by atoms with Gasteiger partial charge in [-0.05, 0) is 85.5 Å². The fourth-order valence-electron chi connectivity index (χ4n) is 5.02. The van der Waals surface area contributed by atoms with Crippen molar-refractivity contribution in [1.82, 2.24) is 15.2 Å². The molecule has 2 aromatic carbocycles. The number of hydrogen-bond donors (Lipinski definition) is 1. The average Bonchev–Trinajstić information content (AvgIpc) is 3.29. The van der Waals surface area contributed by atoms with Crippen LogP contribution in [0.3, 0.4) is 0 Å². The summed E-state index contributed by atoms with van der Waals surface area (Å²) in [6, 6.07) is 16.9. The van der Waals surface area contributed by atoms with Crippen LogP contribution in [0.1, 0.15) is 55.7 Å². The molecule has 0 bridgehead atoms. The predicted molar refractivity (Wildman–Crippen MR) is 124 cm³/mol. The monoisotopic (exact) mass is 433 g/mol. The van der Waals surface area contributed by atoms with Gasteiger partial charge in [-0.15, -0.1) is 0 Å². The van der Waals surface area contributed by atoms with E-state index in [2.05, 4.69) is 34.2 Å². The van der Waals surface area contributed by atoms with Crippen molar-refractivity contribution >= 4 is 22.5 Å². The highest BCUT2D eigenvalue weighted by atomic mass is 35.5. The van der Waals surface area contributed by atoms with E-state index in [4.69, 9.17) is 11.6 Å². The van der Waals surface area contributed by atoms with Crippen molar-refractivity contribution in [2.45, 2.75) is 44.4 Å². The molecule has 1 saturated carbocycles. The minimum atomic E-state index is -0.195. The smallest absolute Gasteiger partial charge is 0.123 e. The van der Waals surface area contributed by atoms with Gasteiger partial charge in [0.2, 0.25) is 0 Å². The van der Waals surface area contributed by atoms with E-state index in [1.165, 1.54) is 17.3 Å². The molecule has 0 amide bonds. The van der Waals surface area contributed by atoms with Crippen LogP contribution in [-0.2, 0) is 0 Å². The first-order chi connectivity index (χ1) is 15.1. The minimum Gasteiger partial charge on any atom is -0.282 e. The van der Waals surface area contributed by atoms with Gasteiger partial charge < -0.3 is 0 Å². The van der Waals surface area contributed by atoms with Gasteiger partial charge in [-0.3, -0.25) is 10.1 Å². The Morgan fingerprint density at radius 3 is 2.55 bits per heavy atom. The molecule has 0 spiro atoms. The third-order valence-electron chi connectivity index (χ3n) is 6.88. The zero-order valence-corrected chi connectivity index (χ0v) is 18.2. The molecule has 4 aromatic rings. The van der Waals surface area contributed by atoms with Gasteiger partial charge >= 0.3 is 0 Å². The standard InChI is InChI=1S/C26H25ClFN3/c1-16(25-15-26(31-30-25)19-6-8-20(27)9-7-19)17-2-4-18(5-3-17)22-12-13-29-24-11-10-21(28)14-23(22)24/h6-18H,2-5H2,1H3,(H,30,31). The Morgan fingerprint density at radius 2 is 1.77 bits per heavy atom. The summed E-state index contributed by atoms with van der Waals surface area (Å²) in [5.41, 5.74) is 5.32. The van der Waals surface area contributed by atoms with Gasteiger partial charge in [0.25, 0.3) is 0 Å². The number of H-pyrrole nitrogens is 1. The molecular formula is C26H25ClFN3. The molecule has 5 rings (SSSR count). The Labute approximate surface area is 186 Å². The second-order valence-electron chi connectivity index (χ2n) is 8.68. The van der Waals surface area contributed by atoms with Crippen molar-refractivity contribution in [1.29, 1.82) is 0 Å². The van der Waals surface area contributed by atoms with Crippen LogP contribution in [0.4, 0.5) is 4.39 Å². The maximum atomic E-state index is 13.8. The molecule has 0 radical (unpaired) electrons. The lowest BCUT2D eigenvalue weighted by atomic mass is 9.73. The fourth-order valence-corrected chi connectivity index (χ4v) is 5.14. The second kappa shape index (κ2) is 8.43. The summed E-state index contributed by atoms with van der Waals surface area (Å²) in [6.07, 6.45) is 6.39. The van der Waals surface area contributed by atoms with Crippen LogP contribution < -0.4 is 0 Å². The summed E-state index contributed by atoms with van der Waals surface area (Å²) in [4.78, 5) is 4.41. The first-order valence-electron chi connectivity index (χ1n) is 10.9. The Kier molecular flexibility index (Phi) is 5.49. The van der Waals surface area contributed by atoms with Crippen LogP contribution in [0.15, 0.2) is 60.8 Å². The normalized spacial score (nSPS) is 20.1. The van der Waals surface area contributed by atoms with Crippen molar-refractivity contribution in [2.75, 3.05) is 0 Å². The maximum absolute atomic E-state index is 13.8. The van der Waals surface area contributed by atoms with E-state index in [9.17, 15) is 4.39 Å². The average molecular weight is 434 g/mol. The van der Waals surface area contributed by atoms with E-state index < -0.39 is 0 Å². The van der Waals surface area contributed by atoms with Crippen molar-refractivity contribution in [3.8, 4) is 11.3 Å². The molecule has 5 heteroatoms. The molecule has 158 valence electrons. The quantitative estimate of drug-likeness (QED) is 0.362. The molecule has 1 atom stereocenters. The van der Waals surface area contributed by atoms with Gasteiger partial charge in [-0.1, -0.05) is 30.7 Å². The zero-order valence-electron chi connectivity index (χ0n) is 17.5. The lowest BCUT2D eigenvalue weighted by molar-refractivity contribution is 0.288. The molecule has 2 heterocycles. The maximum Gasteiger partial charge on any atom is 0.123 e. The number of rotatable bonds is 4. The van der Waals surface area contributed by atoms with E-state index in [1.807, 2.05) is 30.5 Å². The van der Waals surface area contributed by atoms with Gasteiger partial charge in [0.1, 0.15) is 5.82 Å². The minimum absolute atomic E-state index is 0.195. The first kappa shape index (κ1) is 20.2. The molecule has 31 heavy (non-hydrogen) atoms. The molecule has 1 N–H and O–H groups in total. The Hall–Kier alpha value is -2.72. The number of pyridine rings is 1. The number of aromatic amines is 1. The highest BCUT2D eigenvalue weighted by molar-refractivity contribution is 6.30. The van der Waals surface area contributed by atoms with Crippen LogP contribution in [0.2, 0.25) is 5.02 Å².